The van der Waals surface area contributed by atoms with Crippen molar-refractivity contribution in [2.24, 2.45) is 4.99 Å². The summed E-state index contributed by atoms with van der Waals surface area (Å²) in [6.45, 7) is 2.08. The Hall–Kier alpha value is -3.61. The van der Waals surface area contributed by atoms with Crippen molar-refractivity contribution >= 4 is 16.9 Å². The predicted molar refractivity (Wildman–Crippen MR) is 118 cm³/mol. The van der Waals surface area contributed by atoms with Crippen molar-refractivity contribution in [2.75, 3.05) is 13.6 Å². The largest absolute Gasteiger partial charge is 0.361 e. The molecule has 0 bridgehead atoms. The third-order valence-electron chi connectivity index (χ3n) is 5.10. The molecule has 2 heterocycles. The highest BCUT2D eigenvalue weighted by molar-refractivity contribution is 5.83. The van der Waals surface area contributed by atoms with Crippen LogP contribution in [0.4, 0.5) is 4.39 Å². The standard InChI is InChI=1S/C23H25FN6/c1-25-23(26-11-9-18-15-27-22-8-7-20(24)13-21(18)22)28-14-17-5-2-3-6-19(17)16-30-12-4-10-29-30/h2-8,10,12-13,15,27H,9,11,14,16H2,1H3,(H2,25,26,28). The van der Waals surface area contributed by atoms with Gasteiger partial charge in [0, 0.05) is 49.6 Å². The molecule has 30 heavy (non-hydrogen) atoms. The number of benzene rings is 2. The fourth-order valence-electron chi connectivity index (χ4n) is 3.53. The van der Waals surface area contributed by atoms with Crippen molar-refractivity contribution in [2.45, 2.75) is 19.5 Å². The fraction of sp³-hybridized carbons (Fsp3) is 0.217. The molecule has 4 aromatic rings. The van der Waals surface area contributed by atoms with E-state index in [0.29, 0.717) is 13.1 Å². The van der Waals surface area contributed by atoms with Crippen molar-refractivity contribution in [3.8, 4) is 0 Å². The van der Waals surface area contributed by atoms with E-state index in [2.05, 4.69) is 37.8 Å². The Bertz CT molecular complexity index is 1130. The summed E-state index contributed by atoms with van der Waals surface area (Å²) < 4.78 is 15.5. The maximum atomic E-state index is 13.5. The van der Waals surface area contributed by atoms with Crippen molar-refractivity contribution in [3.05, 3.63) is 89.6 Å². The van der Waals surface area contributed by atoms with Crippen LogP contribution in [0.3, 0.4) is 0 Å². The van der Waals surface area contributed by atoms with E-state index in [0.717, 1.165) is 35.4 Å². The number of halogens is 1. The molecule has 2 aromatic carbocycles. The number of hydrogen-bond donors (Lipinski definition) is 3. The molecule has 154 valence electrons. The molecule has 0 aliphatic rings. The SMILES string of the molecule is CN=C(NCCc1c[nH]c2ccc(F)cc12)NCc1ccccc1Cn1cccn1. The van der Waals surface area contributed by atoms with Crippen molar-refractivity contribution in [1.82, 2.24) is 25.4 Å². The number of H-pyrrole nitrogens is 1. The van der Waals surface area contributed by atoms with E-state index in [1.807, 2.05) is 35.3 Å². The van der Waals surface area contributed by atoms with Crippen LogP contribution in [0.25, 0.3) is 10.9 Å². The lowest BCUT2D eigenvalue weighted by atomic mass is 10.1. The van der Waals surface area contributed by atoms with Crippen LogP contribution in [0.1, 0.15) is 16.7 Å². The summed E-state index contributed by atoms with van der Waals surface area (Å²) in [5.74, 6) is 0.512. The van der Waals surface area contributed by atoms with Gasteiger partial charge in [-0.25, -0.2) is 4.39 Å². The first-order valence-corrected chi connectivity index (χ1v) is 9.97. The second kappa shape index (κ2) is 9.26. The van der Waals surface area contributed by atoms with Crippen LogP contribution in [0, 0.1) is 5.82 Å². The zero-order valence-corrected chi connectivity index (χ0v) is 16.9. The van der Waals surface area contributed by atoms with Crippen molar-refractivity contribution in [1.29, 1.82) is 0 Å². The minimum absolute atomic E-state index is 0.220. The number of aromatic amines is 1. The normalized spacial score (nSPS) is 11.7. The molecule has 0 spiro atoms. The number of aromatic nitrogens is 3. The van der Waals surface area contributed by atoms with Gasteiger partial charge >= 0.3 is 0 Å². The molecule has 0 saturated carbocycles. The Labute approximate surface area is 174 Å². The Morgan fingerprint density at radius 3 is 2.77 bits per heavy atom. The van der Waals surface area contributed by atoms with Crippen molar-refractivity contribution < 1.29 is 4.39 Å². The van der Waals surface area contributed by atoms with E-state index in [1.54, 1.807) is 25.4 Å². The van der Waals surface area contributed by atoms with Crippen LogP contribution < -0.4 is 10.6 Å². The molecule has 0 aliphatic carbocycles. The first-order valence-electron chi connectivity index (χ1n) is 9.97. The van der Waals surface area contributed by atoms with Crippen LogP contribution in [0.5, 0.6) is 0 Å². The van der Waals surface area contributed by atoms with Gasteiger partial charge in [-0.2, -0.15) is 5.10 Å². The van der Waals surface area contributed by atoms with Crippen LogP contribution in [0.2, 0.25) is 0 Å². The summed E-state index contributed by atoms with van der Waals surface area (Å²) >= 11 is 0. The summed E-state index contributed by atoms with van der Waals surface area (Å²) in [7, 11) is 1.76. The van der Waals surface area contributed by atoms with E-state index in [4.69, 9.17) is 0 Å². The zero-order valence-electron chi connectivity index (χ0n) is 16.9. The molecular formula is C23H25FN6. The molecule has 4 rings (SSSR count). The smallest absolute Gasteiger partial charge is 0.191 e. The number of guanidine groups is 1. The van der Waals surface area contributed by atoms with Gasteiger partial charge in [-0.05, 0) is 47.4 Å². The molecule has 0 aliphatic heterocycles. The summed E-state index contributed by atoms with van der Waals surface area (Å²) in [6.07, 6.45) is 6.45. The molecule has 0 radical (unpaired) electrons. The number of rotatable bonds is 7. The second-order valence-corrected chi connectivity index (χ2v) is 7.08. The predicted octanol–water partition coefficient (Wildman–Crippen LogP) is 3.46. The minimum Gasteiger partial charge on any atom is -0.361 e. The van der Waals surface area contributed by atoms with Crippen molar-refractivity contribution in [3.63, 3.8) is 0 Å². The molecular weight excluding hydrogens is 379 g/mol. The third-order valence-corrected chi connectivity index (χ3v) is 5.10. The maximum absolute atomic E-state index is 13.5. The van der Waals surface area contributed by atoms with Gasteiger partial charge < -0.3 is 15.6 Å². The molecule has 6 nitrogen and oxygen atoms in total. The monoisotopic (exact) mass is 404 g/mol. The highest BCUT2D eigenvalue weighted by atomic mass is 19.1. The lowest BCUT2D eigenvalue weighted by Gasteiger charge is -2.14. The molecule has 0 amide bonds. The molecule has 3 N–H and O–H groups in total. The molecule has 7 heteroatoms. The van der Waals surface area contributed by atoms with E-state index in [-0.39, 0.29) is 5.82 Å². The Balaban J connectivity index is 1.33. The van der Waals surface area contributed by atoms with E-state index in [9.17, 15) is 4.39 Å². The van der Waals surface area contributed by atoms with Crippen LogP contribution >= 0.6 is 0 Å². The minimum atomic E-state index is -0.220. The maximum Gasteiger partial charge on any atom is 0.191 e. The first kappa shape index (κ1) is 19.7. The van der Waals surface area contributed by atoms with Gasteiger partial charge in [-0.1, -0.05) is 24.3 Å². The van der Waals surface area contributed by atoms with Crippen LogP contribution in [-0.2, 0) is 19.5 Å². The van der Waals surface area contributed by atoms with Crippen LogP contribution in [0.15, 0.2) is 72.1 Å². The molecule has 0 saturated heterocycles. The first-order chi connectivity index (χ1) is 14.7. The number of aliphatic imine (C=N–C) groups is 1. The average molecular weight is 404 g/mol. The number of nitrogens with zero attached hydrogens (tertiary/aromatic N) is 3. The summed E-state index contributed by atoms with van der Waals surface area (Å²) in [5, 5.41) is 11.9. The average Bonchev–Trinajstić information content (AvgIpc) is 3.41. The fourth-order valence-corrected chi connectivity index (χ4v) is 3.53. The van der Waals surface area contributed by atoms with Gasteiger partial charge in [0.1, 0.15) is 5.82 Å². The Morgan fingerprint density at radius 1 is 1.10 bits per heavy atom. The molecule has 0 atom stereocenters. The van der Waals surface area contributed by atoms with Gasteiger partial charge in [0.15, 0.2) is 5.96 Å². The van der Waals surface area contributed by atoms with Gasteiger partial charge in [-0.15, -0.1) is 0 Å². The topological polar surface area (TPSA) is 70.0 Å². The van der Waals surface area contributed by atoms with E-state index >= 15 is 0 Å². The lowest BCUT2D eigenvalue weighted by molar-refractivity contribution is 0.629. The lowest BCUT2D eigenvalue weighted by Crippen LogP contribution is -2.38. The highest BCUT2D eigenvalue weighted by Gasteiger charge is 2.07. The molecule has 2 aromatic heterocycles. The zero-order chi connectivity index (χ0) is 20.8. The van der Waals surface area contributed by atoms with E-state index < -0.39 is 0 Å². The van der Waals surface area contributed by atoms with Gasteiger partial charge in [0.05, 0.1) is 6.54 Å². The third kappa shape index (κ3) is 4.68. The molecule has 0 unspecified atom stereocenters. The van der Waals surface area contributed by atoms with E-state index in [1.165, 1.54) is 17.2 Å². The van der Waals surface area contributed by atoms with Crippen LogP contribution in [-0.4, -0.2) is 34.3 Å². The van der Waals surface area contributed by atoms with Gasteiger partial charge in [0.2, 0.25) is 0 Å². The second-order valence-electron chi connectivity index (χ2n) is 7.08. The summed E-state index contributed by atoms with van der Waals surface area (Å²) in [5.41, 5.74) is 4.44. The quantitative estimate of drug-likeness (QED) is 0.326. The molecule has 0 fully saturated rings. The number of nitrogens with one attached hydrogen (secondary N) is 3. The van der Waals surface area contributed by atoms with Gasteiger partial charge in [0.25, 0.3) is 0 Å². The van der Waals surface area contributed by atoms with Gasteiger partial charge in [-0.3, -0.25) is 9.67 Å². The summed E-state index contributed by atoms with van der Waals surface area (Å²) in [4.78, 5) is 7.50. The number of hydrogen-bond acceptors (Lipinski definition) is 2. The summed E-state index contributed by atoms with van der Waals surface area (Å²) in [6, 6.07) is 15.0. The Kier molecular flexibility index (Phi) is 6.08. The highest BCUT2D eigenvalue weighted by Crippen LogP contribution is 2.19. The number of fused-ring (bicyclic) bond motifs is 1. The Morgan fingerprint density at radius 2 is 1.97 bits per heavy atom.